The maximum atomic E-state index is 6.31. The highest BCUT2D eigenvalue weighted by Gasteiger charge is 2.27. The van der Waals surface area contributed by atoms with E-state index in [1.807, 2.05) is 0 Å². The average molecular weight is 251 g/mol. The highest BCUT2D eigenvalue weighted by molar-refractivity contribution is 5.65. The summed E-state index contributed by atoms with van der Waals surface area (Å²) in [4.78, 5) is 0. The van der Waals surface area contributed by atoms with Crippen LogP contribution in [0.5, 0.6) is 0 Å². The molecule has 0 saturated carbocycles. The summed E-state index contributed by atoms with van der Waals surface area (Å²) in [7, 11) is 0. The normalized spacial score (nSPS) is 21.4. The molecule has 2 aromatic rings. The molecular weight excluding hydrogens is 230 g/mol. The summed E-state index contributed by atoms with van der Waals surface area (Å²) in [5.41, 5.74) is 11.7. The summed E-state index contributed by atoms with van der Waals surface area (Å²) >= 11 is 0. The molecule has 1 heteroatoms. The summed E-state index contributed by atoms with van der Waals surface area (Å²) in [6.07, 6.45) is 3.60. The van der Waals surface area contributed by atoms with Crippen molar-refractivity contribution in [2.45, 2.75) is 38.1 Å². The molecule has 1 nitrogen and oxygen atoms in total. The minimum atomic E-state index is 0.218. The van der Waals surface area contributed by atoms with E-state index in [0.29, 0.717) is 5.92 Å². The fourth-order valence-electron chi connectivity index (χ4n) is 3.26. The SMILES string of the molecule is CCCC1CC(N)c2cc(-c3ccccc3)ccc21. The maximum Gasteiger partial charge on any atom is 0.0303 e. The fraction of sp³-hybridized carbons (Fsp3) is 0.333. The summed E-state index contributed by atoms with van der Waals surface area (Å²) in [6, 6.07) is 17.6. The van der Waals surface area contributed by atoms with Crippen LogP contribution in [0.1, 0.15) is 49.3 Å². The molecule has 2 unspecified atom stereocenters. The van der Waals surface area contributed by atoms with Crippen LogP contribution in [0.3, 0.4) is 0 Å². The van der Waals surface area contributed by atoms with Gasteiger partial charge in [-0.15, -0.1) is 0 Å². The van der Waals surface area contributed by atoms with Crippen molar-refractivity contribution >= 4 is 0 Å². The molecule has 2 aromatic carbocycles. The van der Waals surface area contributed by atoms with Crippen molar-refractivity contribution in [3.8, 4) is 11.1 Å². The van der Waals surface area contributed by atoms with Crippen LogP contribution in [-0.4, -0.2) is 0 Å². The second-order valence-corrected chi connectivity index (χ2v) is 5.54. The monoisotopic (exact) mass is 251 g/mol. The van der Waals surface area contributed by atoms with Crippen LogP contribution in [0, 0.1) is 0 Å². The van der Waals surface area contributed by atoms with Crippen LogP contribution in [0.2, 0.25) is 0 Å². The van der Waals surface area contributed by atoms with Crippen LogP contribution in [0.15, 0.2) is 48.5 Å². The summed E-state index contributed by atoms with van der Waals surface area (Å²) in [5, 5.41) is 0. The molecule has 2 atom stereocenters. The number of rotatable bonds is 3. The lowest BCUT2D eigenvalue weighted by atomic mass is 9.94. The Morgan fingerprint density at radius 3 is 2.53 bits per heavy atom. The molecule has 0 radical (unpaired) electrons. The molecule has 1 aliphatic carbocycles. The van der Waals surface area contributed by atoms with Gasteiger partial charge in [-0.05, 0) is 47.1 Å². The predicted octanol–water partition coefficient (Wildman–Crippen LogP) is 4.64. The number of fused-ring (bicyclic) bond motifs is 1. The largest absolute Gasteiger partial charge is 0.324 e. The lowest BCUT2D eigenvalue weighted by Gasteiger charge is -2.10. The number of hydrogen-bond acceptors (Lipinski definition) is 1. The van der Waals surface area contributed by atoms with Gasteiger partial charge in [0.05, 0.1) is 0 Å². The standard InChI is InChI=1S/C18H21N/c1-2-6-15-12-18(19)17-11-14(9-10-16(15)17)13-7-4-3-5-8-13/h3-5,7-11,15,18H,2,6,12,19H2,1H3. The Labute approximate surface area is 115 Å². The van der Waals surface area contributed by atoms with Crippen molar-refractivity contribution in [2.75, 3.05) is 0 Å². The predicted molar refractivity (Wildman–Crippen MR) is 81.1 cm³/mol. The smallest absolute Gasteiger partial charge is 0.0303 e. The molecule has 0 saturated heterocycles. The first-order valence-corrected chi connectivity index (χ1v) is 7.24. The van der Waals surface area contributed by atoms with Gasteiger partial charge < -0.3 is 5.73 Å². The molecule has 0 fully saturated rings. The number of hydrogen-bond donors (Lipinski definition) is 1. The molecule has 0 spiro atoms. The van der Waals surface area contributed by atoms with Gasteiger partial charge in [0, 0.05) is 6.04 Å². The van der Waals surface area contributed by atoms with Gasteiger partial charge in [-0.25, -0.2) is 0 Å². The van der Waals surface area contributed by atoms with E-state index in [1.165, 1.54) is 35.1 Å². The van der Waals surface area contributed by atoms with Crippen molar-refractivity contribution < 1.29 is 0 Å². The second-order valence-electron chi connectivity index (χ2n) is 5.54. The molecule has 2 N–H and O–H groups in total. The highest BCUT2D eigenvalue weighted by atomic mass is 14.7. The third-order valence-electron chi connectivity index (χ3n) is 4.21. The molecule has 3 rings (SSSR count). The average Bonchev–Trinajstić information content (AvgIpc) is 2.77. The van der Waals surface area contributed by atoms with E-state index in [0.717, 1.165) is 6.42 Å². The van der Waals surface area contributed by atoms with E-state index in [1.54, 1.807) is 0 Å². The molecule has 0 amide bonds. The Bertz CT molecular complexity index is 559. The third kappa shape index (κ3) is 2.31. The van der Waals surface area contributed by atoms with Gasteiger partial charge in [-0.3, -0.25) is 0 Å². The van der Waals surface area contributed by atoms with Crippen LogP contribution < -0.4 is 5.73 Å². The van der Waals surface area contributed by atoms with Crippen LogP contribution in [0.25, 0.3) is 11.1 Å². The highest BCUT2D eigenvalue weighted by Crippen LogP contribution is 2.42. The van der Waals surface area contributed by atoms with Crippen molar-refractivity contribution in [1.29, 1.82) is 0 Å². The summed E-state index contributed by atoms with van der Waals surface area (Å²) in [6.45, 7) is 2.25. The number of benzene rings is 2. The fourth-order valence-corrected chi connectivity index (χ4v) is 3.26. The summed E-state index contributed by atoms with van der Waals surface area (Å²) in [5.74, 6) is 0.667. The van der Waals surface area contributed by atoms with Gasteiger partial charge in [0.25, 0.3) is 0 Å². The quantitative estimate of drug-likeness (QED) is 0.845. The lowest BCUT2D eigenvalue weighted by molar-refractivity contribution is 0.560. The van der Waals surface area contributed by atoms with Crippen LogP contribution >= 0.6 is 0 Å². The minimum absolute atomic E-state index is 0.218. The molecule has 0 heterocycles. The zero-order valence-electron chi connectivity index (χ0n) is 11.5. The Morgan fingerprint density at radius 1 is 1.00 bits per heavy atom. The van der Waals surface area contributed by atoms with E-state index in [9.17, 15) is 0 Å². The first-order valence-electron chi connectivity index (χ1n) is 7.24. The third-order valence-corrected chi connectivity index (χ3v) is 4.21. The van der Waals surface area contributed by atoms with Gasteiger partial charge in [-0.2, -0.15) is 0 Å². The van der Waals surface area contributed by atoms with Gasteiger partial charge in [0.2, 0.25) is 0 Å². The molecule has 1 aliphatic rings. The second kappa shape index (κ2) is 5.18. The first-order chi connectivity index (χ1) is 9.29. The Kier molecular flexibility index (Phi) is 3.39. The van der Waals surface area contributed by atoms with Crippen molar-refractivity contribution in [3.63, 3.8) is 0 Å². The van der Waals surface area contributed by atoms with Crippen LogP contribution in [-0.2, 0) is 0 Å². The van der Waals surface area contributed by atoms with E-state index < -0.39 is 0 Å². The van der Waals surface area contributed by atoms with Gasteiger partial charge in [0.1, 0.15) is 0 Å². The zero-order valence-corrected chi connectivity index (χ0v) is 11.5. The maximum absolute atomic E-state index is 6.31. The van der Waals surface area contributed by atoms with E-state index in [2.05, 4.69) is 55.5 Å². The topological polar surface area (TPSA) is 26.0 Å². The molecule has 98 valence electrons. The summed E-state index contributed by atoms with van der Waals surface area (Å²) < 4.78 is 0. The zero-order chi connectivity index (χ0) is 13.2. The van der Waals surface area contributed by atoms with Crippen molar-refractivity contribution in [1.82, 2.24) is 0 Å². The van der Waals surface area contributed by atoms with Crippen molar-refractivity contribution in [2.24, 2.45) is 5.73 Å². The van der Waals surface area contributed by atoms with Gasteiger partial charge in [-0.1, -0.05) is 55.8 Å². The Morgan fingerprint density at radius 2 is 1.79 bits per heavy atom. The molecule has 0 aromatic heterocycles. The van der Waals surface area contributed by atoms with E-state index in [-0.39, 0.29) is 6.04 Å². The Hall–Kier alpha value is -1.60. The van der Waals surface area contributed by atoms with Crippen molar-refractivity contribution in [3.05, 3.63) is 59.7 Å². The van der Waals surface area contributed by atoms with Gasteiger partial charge >= 0.3 is 0 Å². The molecular formula is C18H21N. The van der Waals surface area contributed by atoms with Crippen LogP contribution in [0.4, 0.5) is 0 Å². The molecule has 19 heavy (non-hydrogen) atoms. The van der Waals surface area contributed by atoms with E-state index >= 15 is 0 Å². The lowest BCUT2D eigenvalue weighted by Crippen LogP contribution is -2.05. The van der Waals surface area contributed by atoms with E-state index in [4.69, 9.17) is 5.73 Å². The molecule has 0 aliphatic heterocycles. The first kappa shape index (κ1) is 12.4. The van der Waals surface area contributed by atoms with Gasteiger partial charge in [0.15, 0.2) is 0 Å². The number of nitrogens with two attached hydrogens (primary N) is 1. The Balaban J connectivity index is 1.99. The molecule has 0 bridgehead atoms. The minimum Gasteiger partial charge on any atom is -0.324 e.